The molecule has 3 aliphatic heterocycles. The van der Waals surface area contributed by atoms with E-state index in [2.05, 4.69) is 101 Å². The topological polar surface area (TPSA) is 712 Å². The van der Waals surface area contributed by atoms with E-state index in [4.69, 9.17) is 17.2 Å². The number of rotatable bonds is 30. The van der Waals surface area contributed by atoms with Gasteiger partial charge in [0.25, 0.3) is 0 Å². The average molecular weight is 1870 g/mol. The lowest BCUT2D eigenvalue weighted by atomic mass is 9.94. The standard InChI is InChI=1S/C78H124N22O23S4/c1-8-9-10-11-12-13-14-15-17-57-64(108)45(26-59(80)103)88-71(115)51(31-101)95-75(119)54-34-126-127-36-56(78(122)123)98-67(111)47(23-40(4)5)90-70(114)50(27-60(81)104)93-72(116)52(32-102)94-69(113)49(25-43-30-83-38-85-43)91-65(109)44(19-20-62(106)107)87-66(110)46(22-39(2)3)89-68(112)48(24-42-29-82-37-84-42)92-74(118)55(35-125-124-33-53(73(117)96-54)86-61(105)28-79)97-77(121)63(41(6)7)99-76(120)58-18-16-21-100(57)58/h29-30,37-41,44-58,63,101-102H,8-28,31-36,79H2,1-7H3,(H2,80,103)(H2,81,104)(H,82,84)(H,83,85)(H,86,105)(H,87,110)(H,88,115)(H,89,112)(H,90,114)(H,91,109)(H,92,118)(H,93,116)(H,94,113)(H,95,119)(H,96,117)(H,97,121)(H,98,111)(H,99,120)(H,106,107)(H,122,123)/t44-,45-,46-,47-,48-,49-,50-,51-,52-,53-,54-,55-,56-,57?,58-,63-/m0/s1. The number of amides is 16. The lowest BCUT2D eigenvalue weighted by Crippen LogP contribution is -2.62. The lowest BCUT2D eigenvalue weighted by Gasteiger charge is -2.35. The van der Waals surface area contributed by atoms with Gasteiger partial charge >= 0.3 is 11.9 Å². The van der Waals surface area contributed by atoms with Crippen molar-refractivity contribution in [1.29, 1.82) is 0 Å². The molecule has 49 heteroatoms. The molecule has 2 aromatic heterocycles. The van der Waals surface area contributed by atoms with Crippen molar-refractivity contribution in [1.82, 2.24) is 99.3 Å². The number of carbonyl (C=O) groups is 19. The van der Waals surface area contributed by atoms with Gasteiger partial charge in [0, 0.05) is 66.1 Å². The van der Waals surface area contributed by atoms with Gasteiger partial charge in [-0.15, -0.1) is 0 Å². The second-order valence-electron chi connectivity index (χ2n) is 32.3. The molecule has 0 saturated carbocycles. The molecule has 2 bridgehead atoms. The predicted octanol–water partition coefficient (Wildman–Crippen LogP) is -5.18. The highest BCUT2D eigenvalue weighted by molar-refractivity contribution is 8.77. The van der Waals surface area contributed by atoms with E-state index >= 15 is 24.0 Å². The smallest absolute Gasteiger partial charge is 0.327 e. The molecule has 5 heterocycles. The summed E-state index contributed by atoms with van der Waals surface area (Å²) in [6.07, 6.45) is 7.50. The van der Waals surface area contributed by atoms with Crippen molar-refractivity contribution in [3.05, 3.63) is 36.4 Å². The number of nitrogens with one attached hydrogen (secondary N) is 16. The minimum absolute atomic E-state index is 0.0645. The number of nitrogens with two attached hydrogens (primary N) is 3. The van der Waals surface area contributed by atoms with E-state index in [1.54, 1.807) is 46.4 Å². The number of aromatic nitrogens is 4. The Balaban J connectivity index is 1.75. The van der Waals surface area contributed by atoms with Gasteiger partial charge in [-0.1, -0.05) is 143 Å². The molecule has 708 valence electrons. The van der Waals surface area contributed by atoms with Crippen LogP contribution in [0.2, 0.25) is 0 Å². The van der Waals surface area contributed by atoms with Crippen molar-refractivity contribution in [3.8, 4) is 0 Å². The number of ketones is 1. The van der Waals surface area contributed by atoms with Gasteiger partial charge in [0.1, 0.15) is 78.5 Å². The first kappa shape index (κ1) is 107. The zero-order valence-electron chi connectivity index (χ0n) is 72.1. The van der Waals surface area contributed by atoms with Gasteiger partial charge in [-0.05, 0) is 62.8 Å². The van der Waals surface area contributed by atoms with E-state index in [1.165, 1.54) is 25.0 Å². The van der Waals surface area contributed by atoms with Crippen LogP contribution in [0.5, 0.6) is 0 Å². The molecule has 3 fully saturated rings. The number of carboxylic acids is 2. The van der Waals surface area contributed by atoms with Gasteiger partial charge in [0.2, 0.25) is 94.5 Å². The normalized spacial score (nSPS) is 26.4. The number of aliphatic carboxylic acids is 2. The van der Waals surface area contributed by atoms with Crippen LogP contribution in [-0.4, -0.2) is 303 Å². The van der Waals surface area contributed by atoms with Crippen molar-refractivity contribution in [2.24, 2.45) is 35.0 Å². The maximum absolute atomic E-state index is 15.4. The molecule has 127 heavy (non-hydrogen) atoms. The fourth-order valence-corrected chi connectivity index (χ4v) is 18.6. The molecule has 16 atom stereocenters. The average Bonchev–Trinajstić information content (AvgIpc) is 1.70. The molecule has 0 radical (unpaired) electrons. The first-order valence-corrected chi connectivity index (χ1v) is 47.2. The number of H-pyrrole nitrogens is 2. The van der Waals surface area contributed by atoms with Crippen LogP contribution < -0.4 is 91.6 Å². The number of primary amides is 2. The van der Waals surface area contributed by atoms with Gasteiger partial charge < -0.3 is 122 Å². The fraction of sp³-hybridized carbons (Fsp3) is 0.679. The number of Topliss-reactive ketones (excluding diaryl/α,β-unsaturated/α-hetero) is 1. The van der Waals surface area contributed by atoms with Crippen molar-refractivity contribution < 1.29 is 112 Å². The number of fused-ring (bicyclic) bond motifs is 9. The van der Waals surface area contributed by atoms with Crippen LogP contribution in [0, 0.1) is 17.8 Å². The summed E-state index contributed by atoms with van der Waals surface area (Å²) in [5.74, 6) is -25.8. The maximum Gasteiger partial charge on any atom is 0.327 e. The van der Waals surface area contributed by atoms with Crippen LogP contribution >= 0.6 is 43.2 Å². The Labute approximate surface area is 750 Å². The summed E-state index contributed by atoms with van der Waals surface area (Å²) in [5, 5.41) is 76.8. The Morgan fingerprint density at radius 3 is 1.39 bits per heavy atom. The minimum atomic E-state index is -2.04. The number of nitrogens with zero attached hydrogens (tertiary/aromatic N) is 3. The molecule has 1 unspecified atom stereocenters. The number of imidazole rings is 2. The molecule has 16 amide bonds. The second kappa shape index (κ2) is 55.5. The van der Waals surface area contributed by atoms with E-state index in [0.29, 0.717) is 40.9 Å². The Bertz CT molecular complexity index is 4060. The van der Waals surface area contributed by atoms with E-state index in [1.807, 2.05) is 0 Å². The van der Waals surface area contributed by atoms with E-state index in [0.717, 1.165) is 60.1 Å². The van der Waals surface area contributed by atoms with Gasteiger partial charge in [0.15, 0.2) is 5.78 Å². The predicted molar refractivity (Wildman–Crippen MR) is 466 cm³/mol. The van der Waals surface area contributed by atoms with Gasteiger partial charge in [-0.25, -0.2) is 14.8 Å². The highest BCUT2D eigenvalue weighted by Gasteiger charge is 2.45. The van der Waals surface area contributed by atoms with Crippen LogP contribution in [0.3, 0.4) is 0 Å². The Morgan fingerprint density at radius 1 is 0.480 bits per heavy atom. The number of aliphatic hydroxyl groups is 2. The molecule has 0 aromatic carbocycles. The highest BCUT2D eigenvalue weighted by atomic mass is 33.1. The lowest BCUT2D eigenvalue weighted by molar-refractivity contribution is -0.142. The van der Waals surface area contributed by atoms with E-state index in [9.17, 15) is 87.5 Å². The zero-order chi connectivity index (χ0) is 94.1. The summed E-state index contributed by atoms with van der Waals surface area (Å²) in [5.41, 5.74) is 17.5. The minimum Gasteiger partial charge on any atom is -0.481 e. The zero-order valence-corrected chi connectivity index (χ0v) is 75.4. The Hall–Kier alpha value is -10.2. The summed E-state index contributed by atoms with van der Waals surface area (Å²) in [7, 11) is 3.02. The molecule has 0 aliphatic carbocycles. The first-order valence-electron chi connectivity index (χ1n) is 42.2. The number of hydrogen-bond acceptors (Lipinski definition) is 29. The molecule has 0 spiro atoms. The molecule has 3 aliphatic rings. The summed E-state index contributed by atoms with van der Waals surface area (Å²) < 4.78 is 0. The van der Waals surface area contributed by atoms with Crippen molar-refractivity contribution >= 4 is 155 Å². The fourth-order valence-electron chi connectivity index (χ4n) is 13.9. The monoisotopic (exact) mass is 1860 g/mol. The molecule has 26 N–H and O–H groups in total. The summed E-state index contributed by atoms with van der Waals surface area (Å²) in [4.78, 5) is 287. The Kier molecular flexibility index (Phi) is 46.9. The van der Waals surface area contributed by atoms with E-state index < -0.39 is 308 Å². The van der Waals surface area contributed by atoms with Crippen LogP contribution in [0.1, 0.15) is 169 Å². The van der Waals surface area contributed by atoms with Crippen molar-refractivity contribution in [3.63, 3.8) is 0 Å². The molecular formula is C78H124N22O23S4. The quantitative estimate of drug-likeness (QED) is 0.0257. The largest absolute Gasteiger partial charge is 0.481 e. The van der Waals surface area contributed by atoms with Crippen LogP contribution in [0.25, 0.3) is 0 Å². The molecule has 45 nitrogen and oxygen atoms in total. The van der Waals surface area contributed by atoms with Crippen molar-refractivity contribution in [2.75, 3.05) is 49.3 Å². The van der Waals surface area contributed by atoms with Gasteiger partial charge in [-0.2, -0.15) is 0 Å². The Morgan fingerprint density at radius 2 is 0.906 bits per heavy atom. The SMILES string of the molecule is CCCCCCCCCCC1C(=O)[C@H](CC(N)=O)NC(=O)[C@H](CO)NC(=O)[C@@H]2CSSC[C@@H](C(=O)O)NC(=O)[C@H](CC(C)C)NC(=O)[C@H](CC(N)=O)NC(=O)[C@H](CO)NC(=O)[C@H](Cc3cnc[nH]3)NC(=O)[C@H](CCC(=O)O)NC(=O)[C@H](CC(C)C)NC(=O)[C@H](Cc3cnc[nH]3)NC(=O)[C@H](CSSC[C@H](NC(=O)CN)C(=O)N2)NC(=O)[C@H](C(C)C)NC(=O)[C@@H]2CCCN12. The number of hydrogen-bond donors (Lipinski definition) is 23. The summed E-state index contributed by atoms with van der Waals surface area (Å²) in [6, 6.07) is -27.5. The van der Waals surface area contributed by atoms with Crippen LogP contribution in [0.15, 0.2) is 25.0 Å². The number of carboxylic acid groups (broad SMARTS) is 2. The third-order valence-electron chi connectivity index (χ3n) is 20.6. The third-order valence-corrected chi connectivity index (χ3v) is 25.5. The van der Waals surface area contributed by atoms with Crippen LogP contribution in [-0.2, 0) is 104 Å². The van der Waals surface area contributed by atoms with Crippen molar-refractivity contribution in [2.45, 2.75) is 267 Å². The van der Waals surface area contributed by atoms with Crippen LogP contribution in [0.4, 0.5) is 0 Å². The van der Waals surface area contributed by atoms with Gasteiger partial charge in [0.05, 0.1) is 63.4 Å². The molecule has 3 saturated heterocycles. The third kappa shape index (κ3) is 37.2. The maximum atomic E-state index is 15.4. The number of aliphatic hydroxyl groups excluding tert-OH is 2. The number of carbonyl (C=O) groups excluding carboxylic acids is 17. The summed E-state index contributed by atoms with van der Waals surface area (Å²) in [6.45, 7) is 8.75. The number of aromatic amines is 2. The van der Waals surface area contributed by atoms with Gasteiger partial charge in [-0.3, -0.25) is 91.2 Å². The highest BCUT2D eigenvalue weighted by Crippen LogP contribution is 2.29. The molecular weight excluding hydrogens is 1740 g/mol. The molecule has 5 rings (SSSR count). The first-order chi connectivity index (χ1) is 60.3. The second-order valence-corrected chi connectivity index (χ2v) is 37.4. The summed E-state index contributed by atoms with van der Waals surface area (Å²) >= 11 is 0. The number of unbranched alkanes of at least 4 members (excludes halogenated alkanes) is 7. The van der Waals surface area contributed by atoms with E-state index in [-0.39, 0.29) is 43.6 Å². The molecule has 2 aromatic rings.